The zero-order chi connectivity index (χ0) is 18.1. The van der Waals surface area contributed by atoms with Crippen LogP contribution in [0.5, 0.6) is 0 Å². The van der Waals surface area contributed by atoms with E-state index in [1.165, 1.54) is 6.92 Å². The lowest BCUT2D eigenvalue weighted by atomic mass is 9.96. The van der Waals surface area contributed by atoms with Gasteiger partial charge in [-0.1, -0.05) is 0 Å². The van der Waals surface area contributed by atoms with Crippen LogP contribution in [0.4, 0.5) is 22.0 Å². The number of nitrogens with one attached hydrogen (secondary N) is 1. The second-order valence-electron chi connectivity index (χ2n) is 5.61. The topological polar surface area (TPSA) is 49.4 Å². The molecule has 0 aliphatic carbocycles. The van der Waals surface area contributed by atoms with E-state index < -0.39 is 60.2 Å². The van der Waals surface area contributed by atoms with Gasteiger partial charge in [0.1, 0.15) is 17.7 Å². The molecule has 1 aromatic rings. The van der Waals surface area contributed by atoms with Gasteiger partial charge in [0.15, 0.2) is 0 Å². The number of halogens is 5. The quantitative estimate of drug-likeness (QED) is 0.834. The van der Waals surface area contributed by atoms with Crippen LogP contribution in [-0.4, -0.2) is 41.5 Å². The van der Waals surface area contributed by atoms with Crippen molar-refractivity contribution >= 4 is 11.8 Å². The molecular formula is C15H15F5N2O2. The Bertz CT molecular complexity index is 647. The number of hydrogen-bond donors (Lipinski definition) is 1. The van der Waals surface area contributed by atoms with Gasteiger partial charge < -0.3 is 10.2 Å². The molecule has 0 bridgehead atoms. The number of nitrogens with zero attached hydrogens (tertiary/aromatic N) is 1. The molecule has 2 amide bonds. The Hall–Kier alpha value is -2.19. The zero-order valence-corrected chi connectivity index (χ0v) is 12.7. The average Bonchev–Trinajstić information content (AvgIpc) is 2.47. The van der Waals surface area contributed by atoms with Crippen LogP contribution in [-0.2, 0) is 4.79 Å². The van der Waals surface area contributed by atoms with E-state index in [4.69, 9.17) is 0 Å². The number of rotatable bonds is 2. The maximum Gasteiger partial charge on any atom is 0.408 e. The van der Waals surface area contributed by atoms with Crippen molar-refractivity contribution in [1.82, 2.24) is 10.2 Å². The maximum absolute atomic E-state index is 13.7. The van der Waals surface area contributed by atoms with Gasteiger partial charge >= 0.3 is 6.18 Å². The van der Waals surface area contributed by atoms with Gasteiger partial charge in [0.05, 0.1) is 5.56 Å². The summed E-state index contributed by atoms with van der Waals surface area (Å²) >= 11 is 0. The number of likely N-dealkylation sites (tertiary alicyclic amines) is 1. The van der Waals surface area contributed by atoms with Crippen LogP contribution in [0.25, 0.3) is 0 Å². The summed E-state index contributed by atoms with van der Waals surface area (Å²) in [6.45, 7) is 0.771. The Morgan fingerprint density at radius 1 is 1.21 bits per heavy atom. The first-order chi connectivity index (χ1) is 11.1. The lowest BCUT2D eigenvalue weighted by molar-refractivity contribution is -0.184. The summed E-state index contributed by atoms with van der Waals surface area (Å²) < 4.78 is 66.5. The average molecular weight is 350 g/mol. The molecule has 9 heteroatoms. The standard InChI is InChI=1S/C15H15F5N2O2/c1-8(23)21-10-3-5-13(15(18,19)20)22(7-10)14(24)11-6-9(16)2-4-12(11)17/h2,4,6,10,13H,3,5,7H2,1H3,(H,21,23)/t10-,13-/m1/s1. The fraction of sp³-hybridized carbons (Fsp3) is 0.467. The predicted molar refractivity (Wildman–Crippen MR) is 74.1 cm³/mol. The summed E-state index contributed by atoms with van der Waals surface area (Å²) in [5, 5.41) is 2.45. The van der Waals surface area contributed by atoms with E-state index in [2.05, 4.69) is 5.32 Å². The molecule has 24 heavy (non-hydrogen) atoms. The number of piperidine rings is 1. The van der Waals surface area contributed by atoms with Crippen molar-refractivity contribution in [3.05, 3.63) is 35.4 Å². The number of carbonyl (C=O) groups excluding carboxylic acids is 2. The van der Waals surface area contributed by atoms with Crippen molar-refractivity contribution in [1.29, 1.82) is 0 Å². The Labute approximate surface area is 134 Å². The third kappa shape index (κ3) is 4.01. The highest BCUT2D eigenvalue weighted by molar-refractivity contribution is 5.95. The smallest absolute Gasteiger partial charge is 0.352 e. The third-order valence-electron chi connectivity index (χ3n) is 3.79. The Morgan fingerprint density at radius 3 is 2.46 bits per heavy atom. The van der Waals surface area contributed by atoms with Crippen LogP contribution in [0.15, 0.2) is 18.2 Å². The summed E-state index contributed by atoms with van der Waals surface area (Å²) in [7, 11) is 0. The van der Waals surface area contributed by atoms with Gasteiger partial charge in [-0.05, 0) is 31.0 Å². The molecule has 1 saturated heterocycles. The fourth-order valence-electron chi connectivity index (χ4n) is 2.76. The van der Waals surface area contributed by atoms with Gasteiger partial charge in [-0.3, -0.25) is 9.59 Å². The number of alkyl halides is 3. The summed E-state index contributed by atoms with van der Waals surface area (Å²) in [6, 6.07) is -0.781. The largest absolute Gasteiger partial charge is 0.408 e. The number of carbonyl (C=O) groups is 2. The van der Waals surface area contributed by atoms with Gasteiger partial charge in [-0.15, -0.1) is 0 Å². The van der Waals surface area contributed by atoms with Crippen molar-refractivity contribution < 1.29 is 31.5 Å². The predicted octanol–water partition coefficient (Wildman–Crippen LogP) is 2.64. The van der Waals surface area contributed by atoms with Crippen molar-refractivity contribution in [2.45, 2.75) is 38.0 Å². The SMILES string of the molecule is CC(=O)N[C@@H]1CC[C@H](C(F)(F)F)N(C(=O)c2cc(F)ccc2F)C1. The fourth-order valence-corrected chi connectivity index (χ4v) is 2.76. The van der Waals surface area contributed by atoms with E-state index in [1.54, 1.807) is 0 Å². The summed E-state index contributed by atoms with van der Waals surface area (Å²) in [6.07, 6.45) is -5.11. The molecule has 0 unspecified atom stereocenters. The van der Waals surface area contributed by atoms with E-state index in [1.807, 2.05) is 0 Å². The highest BCUT2D eigenvalue weighted by atomic mass is 19.4. The first-order valence-electron chi connectivity index (χ1n) is 7.19. The summed E-state index contributed by atoms with van der Waals surface area (Å²) in [4.78, 5) is 23.9. The van der Waals surface area contributed by atoms with Crippen LogP contribution in [0.2, 0.25) is 0 Å². The van der Waals surface area contributed by atoms with Crippen molar-refractivity contribution in [2.75, 3.05) is 6.54 Å². The summed E-state index contributed by atoms with van der Waals surface area (Å²) in [5.74, 6) is -3.75. The van der Waals surface area contributed by atoms with Crippen LogP contribution in [0, 0.1) is 11.6 Å². The molecule has 1 fully saturated rings. The third-order valence-corrected chi connectivity index (χ3v) is 3.79. The molecule has 1 heterocycles. The van der Waals surface area contributed by atoms with Crippen LogP contribution in [0.3, 0.4) is 0 Å². The minimum Gasteiger partial charge on any atom is -0.352 e. The first kappa shape index (κ1) is 18.2. The first-order valence-corrected chi connectivity index (χ1v) is 7.19. The van der Waals surface area contributed by atoms with E-state index in [0.29, 0.717) is 17.0 Å². The van der Waals surface area contributed by atoms with Crippen molar-refractivity contribution in [2.24, 2.45) is 0 Å². The van der Waals surface area contributed by atoms with Crippen LogP contribution in [0.1, 0.15) is 30.1 Å². The van der Waals surface area contributed by atoms with E-state index in [-0.39, 0.29) is 6.42 Å². The maximum atomic E-state index is 13.7. The molecule has 0 aromatic heterocycles. The number of benzene rings is 1. The lowest BCUT2D eigenvalue weighted by Gasteiger charge is -2.40. The molecule has 1 N–H and O–H groups in total. The Balaban J connectivity index is 2.33. The van der Waals surface area contributed by atoms with Gasteiger partial charge in [0.2, 0.25) is 5.91 Å². The minimum atomic E-state index is -4.71. The molecule has 1 aliphatic heterocycles. The molecule has 0 radical (unpaired) electrons. The second kappa shape index (κ2) is 6.74. The minimum absolute atomic E-state index is 0.0270. The molecule has 2 rings (SSSR count). The highest BCUT2D eigenvalue weighted by Gasteiger charge is 2.48. The summed E-state index contributed by atoms with van der Waals surface area (Å²) in [5.41, 5.74) is -0.771. The van der Waals surface area contributed by atoms with Gasteiger partial charge in [0, 0.05) is 19.5 Å². The van der Waals surface area contributed by atoms with Gasteiger partial charge in [-0.25, -0.2) is 8.78 Å². The molecule has 1 aliphatic rings. The Morgan fingerprint density at radius 2 is 1.88 bits per heavy atom. The highest BCUT2D eigenvalue weighted by Crippen LogP contribution is 2.33. The second-order valence-corrected chi connectivity index (χ2v) is 5.61. The normalized spacial score (nSPS) is 21.5. The molecule has 0 saturated carbocycles. The number of amides is 2. The van der Waals surface area contributed by atoms with Gasteiger partial charge in [0.25, 0.3) is 5.91 Å². The van der Waals surface area contributed by atoms with Gasteiger partial charge in [-0.2, -0.15) is 13.2 Å². The van der Waals surface area contributed by atoms with E-state index in [0.717, 1.165) is 6.07 Å². The van der Waals surface area contributed by atoms with E-state index >= 15 is 0 Å². The van der Waals surface area contributed by atoms with Crippen LogP contribution < -0.4 is 5.32 Å². The van der Waals surface area contributed by atoms with E-state index in [9.17, 15) is 31.5 Å². The zero-order valence-electron chi connectivity index (χ0n) is 12.7. The molecule has 4 nitrogen and oxygen atoms in total. The molecule has 0 spiro atoms. The molecular weight excluding hydrogens is 335 g/mol. The molecule has 2 atom stereocenters. The molecule has 132 valence electrons. The number of hydrogen-bond acceptors (Lipinski definition) is 2. The van der Waals surface area contributed by atoms with Crippen molar-refractivity contribution in [3.8, 4) is 0 Å². The Kier molecular flexibility index (Phi) is 5.10. The molecule has 1 aromatic carbocycles. The monoisotopic (exact) mass is 350 g/mol. The lowest BCUT2D eigenvalue weighted by Crippen LogP contribution is -2.58. The van der Waals surface area contributed by atoms with Crippen LogP contribution >= 0.6 is 0 Å². The van der Waals surface area contributed by atoms with Crippen molar-refractivity contribution in [3.63, 3.8) is 0 Å².